The van der Waals surface area contributed by atoms with E-state index < -0.39 is 5.60 Å². The molecule has 1 saturated heterocycles. The maximum Gasteiger partial charge on any atom is 0.194 e. The first-order chi connectivity index (χ1) is 11.5. The Labute approximate surface area is 169 Å². The molecule has 2 rings (SSSR count). The summed E-state index contributed by atoms with van der Waals surface area (Å²) in [7, 11) is 0. The first-order valence-corrected chi connectivity index (χ1v) is 9.31. The van der Waals surface area contributed by atoms with Gasteiger partial charge in [0, 0.05) is 19.6 Å². The van der Waals surface area contributed by atoms with Crippen LogP contribution in [0.2, 0.25) is 0 Å². The van der Waals surface area contributed by atoms with Gasteiger partial charge in [-0.15, -0.1) is 24.0 Å². The molecule has 0 amide bonds. The highest BCUT2D eigenvalue weighted by molar-refractivity contribution is 14.0. The molecule has 1 aromatic rings. The molecule has 5 nitrogen and oxygen atoms in total. The van der Waals surface area contributed by atoms with Crippen molar-refractivity contribution in [3.05, 3.63) is 24.2 Å². The van der Waals surface area contributed by atoms with E-state index in [-0.39, 0.29) is 30.5 Å². The third-order valence-corrected chi connectivity index (χ3v) is 5.16. The van der Waals surface area contributed by atoms with E-state index in [1.54, 1.807) is 25.3 Å². The third-order valence-electron chi connectivity index (χ3n) is 5.16. The molecule has 0 aliphatic carbocycles. The molecule has 2 heterocycles. The van der Waals surface area contributed by atoms with E-state index in [0.29, 0.717) is 5.76 Å². The van der Waals surface area contributed by atoms with Crippen LogP contribution in [0.1, 0.15) is 52.7 Å². The van der Waals surface area contributed by atoms with Crippen LogP contribution in [0, 0.1) is 11.8 Å². The molecule has 2 atom stereocenters. The number of hydrogen-bond donors (Lipinski definition) is 2. The van der Waals surface area contributed by atoms with E-state index >= 15 is 0 Å². The molecule has 1 aliphatic rings. The van der Waals surface area contributed by atoms with Crippen LogP contribution in [0.3, 0.4) is 0 Å². The van der Waals surface area contributed by atoms with Gasteiger partial charge in [-0.05, 0) is 44.2 Å². The first kappa shape index (κ1) is 22.3. The Balaban J connectivity index is 0.00000312. The molecule has 2 unspecified atom stereocenters. The minimum Gasteiger partial charge on any atom is -0.466 e. The van der Waals surface area contributed by atoms with Gasteiger partial charge in [0.05, 0.1) is 12.8 Å². The Hall–Kier alpha value is -0.760. The Morgan fingerprint density at radius 2 is 2.16 bits per heavy atom. The van der Waals surface area contributed by atoms with Gasteiger partial charge in [0.15, 0.2) is 5.96 Å². The highest BCUT2D eigenvalue weighted by Gasteiger charge is 2.30. The highest BCUT2D eigenvalue weighted by Crippen LogP contribution is 2.29. The van der Waals surface area contributed by atoms with Crippen molar-refractivity contribution in [2.24, 2.45) is 16.8 Å². The summed E-state index contributed by atoms with van der Waals surface area (Å²) >= 11 is 0. The van der Waals surface area contributed by atoms with Gasteiger partial charge >= 0.3 is 0 Å². The van der Waals surface area contributed by atoms with E-state index in [9.17, 15) is 5.11 Å². The lowest BCUT2D eigenvalue weighted by Crippen LogP contribution is -2.41. The number of likely N-dealkylation sites (tertiary alicyclic amines) is 1. The van der Waals surface area contributed by atoms with Crippen molar-refractivity contribution in [3.63, 3.8) is 0 Å². The van der Waals surface area contributed by atoms with Crippen LogP contribution in [0.15, 0.2) is 27.8 Å². The molecular formula is C19H34IN3O2. The second-order valence-corrected chi connectivity index (χ2v) is 6.99. The van der Waals surface area contributed by atoms with E-state index in [2.05, 4.69) is 31.0 Å². The fourth-order valence-electron chi connectivity index (χ4n) is 3.64. The zero-order valence-electron chi connectivity index (χ0n) is 16.0. The first-order valence-electron chi connectivity index (χ1n) is 9.31. The lowest BCUT2D eigenvalue weighted by Gasteiger charge is -2.25. The van der Waals surface area contributed by atoms with Crippen LogP contribution >= 0.6 is 24.0 Å². The molecule has 144 valence electrons. The minimum absolute atomic E-state index is 0. The van der Waals surface area contributed by atoms with Crippen molar-refractivity contribution in [1.29, 1.82) is 0 Å². The monoisotopic (exact) mass is 463 g/mol. The Bertz CT molecular complexity index is 513. The second-order valence-electron chi connectivity index (χ2n) is 6.99. The molecule has 0 radical (unpaired) electrons. The lowest BCUT2D eigenvalue weighted by atomic mass is 9.87. The largest absolute Gasteiger partial charge is 0.466 e. The normalized spacial score (nSPS) is 20.5. The molecule has 1 aliphatic heterocycles. The van der Waals surface area contributed by atoms with Gasteiger partial charge in [0.25, 0.3) is 0 Å². The highest BCUT2D eigenvalue weighted by atomic mass is 127. The summed E-state index contributed by atoms with van der Waals surface area (Å²) in [5, 5.41) is 14.0. The summed E-state index contributed by atoms with van der Waals surface area (Å²) in [4.78, 5) is 7.03. The molecule has 0 saturated carbocycles. The number of guanidine groups is 1. The second kappa shape index (κ2) is 10.4. The molecular weight excluding hydrogens is 429 g/mol. The van der Waals surface area contributed by atoms with Crippen molar-refractivity contribution in [2.75, 3.05) is 26.2 Å². The molecule has 25 heavy (non-hydrogen) atoms. The maximum atomic E-state index is 10.6. The van der Waals surface area contributed by atoms with Crippen molar-refractivity contribution >= 4 is 29.9 Å². The number of hydrogen-bond acceptors (Lipinski definition) is 3. The Morgan fingerprint density at radius 3 is 2.72 bits per heavy atom. The van der Waals surface area contributed by atoms with Gasteiger partial charge in [-0.3, -0.25) is 0 Å². The molecule has 6 heteroatoms. The average molecular weight is 463 g/mol. The van der Waals surface area contributed by atoms with Crippen LogP contribution in [0.4, 0.5) is 0 Å². The predicted molar refractivity (Wildman–Crippen MR) is 113 cm³/mol. The fraction of sp³-hybridized carbons (Fsp3) is 0.737. The number of furan rings is 1. The van der Waals surface area contributed by atoms with E-state index in [0.717, 1.165) is 37.4 Å². The predicted octanol–water partition coefficient (Wildman–Crippen LogP) is 3.83. The van der Waals surface area contributed by atoms with Crippen LogP contribution in [0.25, 0.3) is 0 Å². The smallest absolute Gasteiger partial charge is 0.194 e. The SMILES string of the molecule is CCNC(=NCC(C)(O)c1ccco1)N1CCC(C(CC)CC)C1.I. The van der Waals surface area contributed by atoms with E-state index in [1.807, 2.05) is 0 Å². The average Bonchev–Trinajstić information content (AvgIpc) is 3.24. The van der Waals surface area contributed by atoms with Gasteiger partial charge in [0.2, 0.25) is 0 Å². The quantitative estimate of drug-likeness (QED) is 0.367. The molecule has 0 spiro atoms. The van der Waals surface area contributed by atoms with Gasteiger partial charge in [0.1, 0.15) is 11.4 Å². The number of halogens is 1. The van der Waals surface area contributed by atoms with Crippen LogP contribution < -0.4 is 5.32 Å². The molecule has 0 bridgehead atoms. The lowest BCUT2D eigenvalue weighted by molar-refractivity contribution is 0.0435. The van der Waals surface area contributed by atoms with Gasteiger partial charge < -0.3 is 19.7 Å². The summed E-state index contributed by atoms with van der Waals surface area (Å²) in [6.07, 6.45) is 5.30. The summed E-state index contributed by atoms with van der Waals surface area (Å²) in [5.41, 5.74) is -1.08. The van der Waals surface area contributed by atoms with Gasteiger partial charge in [-0.2, -0.15) is 0 Å². The van der Waals surface area contributed by atoms with Crippen LogP contribution in [-0.4, -0.2) is 42.1 Å². The van der Waals surface area contributed by atoms with Crippen LogP contribution in [0.5, 0.6) is 0 Å². The van der Waals surface area contributed by atoms with E-state index in [1.165, 1.54) is 19.3 Å². The van der Waals surface area contributed by atoms with Crippen molar-refractivity contribution in [2.45, 2.75) is 52.6 Å². The van der Waals surface area contributed by atoms with Crippen molar-refractivity contribution in [3.8, 4) is 0 Å². The third kappa shape index (κ3) is 5.88. The summed E-state index contributed by atoms with van der Waals surface area (Å²) < 4.78 is 5.34. The van der Waals surface area contributed by atoms with Gasteiger partial charge in [-0.1, -0.05) is 26.7 Å². The summed E-state index contributed by atoms with van der Waals surface area (Å²) in [5.74, 6) is 3.00. The minimum atomic E-state index is -1.08. The molecule has 0 aromatic carbocycles. The summed E-state index contributed by atoms with van der Waals surface area (Å²) in [6, 6.07) is 3.58. The number of nitrogens with one attached hydrogen (secondary N) is 1. The van der Waals surface area contributed by atoms with Crippen molar-refractivity contribution in [1.82, 2.24) is 10.2 Å². The van der Waals surface area contributed by atoms with Crippen molar-refractivity contribution < 1.29 is 9.52 Å². The molecule has 1 fully saturated rings. The molecule has 2 N–H and O–H groups in total. The maximum absolute atomic E-state index is 10.6. The van der Waals surface area contributed by atoms with Crippen LogP contribution in [-0.2, 0) is 5.60 Å². The summed E-state index contributed by atoms with van der Waals surface area (Å²) in [6.45, 7) is 11.6. The Morgan fingerprint density at radius 1 is 1.44 bits per heavy atom. The number of aliphatic imine (C=N–C) groups is 1. The topological polar surface area (TPSA) is 61.0 Å². The number of aliphatic hydroxyl groups is 1. The van der Waals surface area contributed by atoms with Gasteiger partial charge in [-0.25, -0.2) is 4.99 Å². The fourth-order valence-corrected chi connectivity index (χ4v) is 3.64. The number of rotatable bonds is 7. The standard InChI is InChI=1S/C19H33N3O2.HI/c1-5-15(6-2)16-10-11-22(13-16)18(20-7-3)21-14-19(4,23)17-9-8-12-24-17;/h8-9,12,15-16,23H,5-7,10-11,13-14H2,1-4H3,(H,20,21);1H. The van der Waals surface area contributed by atoms with E-state index in [4.69, 9.17) is 9.41 Å². The zero-order valence-corrected chi connectivity index (χ0v) is 18.3. The zero-order chi connectivity index (χ0) is 17.6. The number of nitrogens with zero attached hydrogens (tertiary/aromatic N) is 2. The molecule has 1 aromatic heterocycles. The Kier molecular flexibility index (Phi) is 9.27.